The number of nitrogens with one attached hydrogen (secondary N) is 1. The van der Waals surface area contributed by atoms with Crippen molar-refractivity contribution in [3.05, 3.63) is 64.5 Å². The van der Waals surface area contributed by atoms with Crippen LogP contribution in [-0.2, 0) is 0 Å². The molecule has 0 aliphatic heterocycles. The molecule has 0 unspecified atom stereocenters. The van der Waals surface area contributed by atoms with Gasteiger partial charge in [0.2, 0.25) is 5.43 Å². The van der Waals surface area contributed by atoms with E-state index in [2.05, 4.69) is 5.32 Å². The highest BCUT2D eigenvalue weighted by Gasteiger charge is 2.08. The maximum Gasteiger partial charge on any atom is 0.216 e. The largest absolute Gasteiger partial charge is 0.497 e. The maximum atomic E-state index is 12.4. The zero-order valence-electron chi connectivity index (χ0n) is 11.8. The van der Waals surface area contributed by atoms with Gasteiger partial charge in [-0.05, 0) is 31.2 Å². The second-order valence-corrected chi connectivity index (χ2v) is 4.83. The molecule has 0 saturated carbocycles. The highest BCUT2D eigenvalue weighted by molar-refractivity contribution is 5.81. The van der Waals surface area contributed by atoms with E-state index in [0.717, 1.165) is 11.3 Å². The standard InChI is InChI=1S/C17H15NO3/c1-11-3-5-12(6-4-11)18-15-10-21-16-9-13(20-2)7-8-14(16)17(15)19/h3-10,18H,1-2H3. The molecule has 0 fully saturated rings. The Bertz CT molecular complexity index is 835. The third-order valence-electron chi connectivity index (χ3n) is 3.31. The van der Waals surface area contributed by atoms with E-state index >= 15 is 0 Å². The highest BCUT2D eigenvalue weighted by Crippen LogP contribution is 2.21. The summed E-state index contributed by atoms with van der Waals surface area (Å²) in [6.45, 7) is 2.02. The van der Waals surface area contributed by atoms with Gasteiger partial charge in [0.1, 0.15) is 23.3 Å². The van der Waals surface area contributed by atoms with Gasteiger partial charge >= 0.3 is 0 Å². The first-order chi connectivity index (χ1) is 10.2. The topological polar surface area (TPSA) is 51.5 Å². The van der Waals surface area contributed by atoms with Crippen LogP contribution >= 0.6 is 0 Å². The number of hydrogen-bond acceptors (Lipinski definition) is 4. The van der Waals surface area contributed by atoms with Crippen LogP contribution in [0.5, 0.6) is 5.75 Å². The second kappa shape index (κ2) is 5.32. The van der Waals surface area contributed by atoms with Gasteiger partial charge in [-0.25, -0.2) is 0 Å². The molecule has 0 radical (unpaired) electrons. The zero-order valence-corrected chi connectivity index (χ0v) is 11.8. The van der Waals surface area contributed by atoms with Crippen LogP contribution in [0.2, 0.25) is 0 Å². The normalized spacial score (nSPS) is 10.6. The van der Waals surface area contributed by atoms with Crippen molar-refractivity contribution in [2.75, 3.05) is 12.4 Å². The third kappa shape index (κ3) is 2.60. The van der Waals surface area contributed by atoms with Crippen LogP contribution in [0.3, 0.4) is 0 Å². The molecule has 4 heteroatoms. The number of hydrogen-bond donors (Lipinski definition) is 1. The van der Waals surface area contributed by atoms with E-state index in [1.165, 1.54) is 6.26 Å². The van der Waals surface area contributed by atoms with Crippen molar-refractivity contribution >= 4 is 22.3 Å². The molecule has 4 nitrogen and oxygen atoms in total. The van der Waals surface area contributed by atoms with Crippen molar-refractivity contribution < 1.29 is 9.15 Å². The van der Waals surface area contributed by atoms with Crippen LogP contribution in [-0.4, -0.2) is 7.11 Å². The van der Waals surface area contributed by atoms with Gasteiger partial charge in [-0.15, -0.1) is 0 Å². The van der Waals surface area contributed by atoms with Gasteiger partial charge in [-0.1, -0.05) is 17.7 Å². The summed E-state index contributed by atoms with van der Waals surface area (Å²) in [6, 6.07) is 13.0. The fourth-order valence-electron chi connectivity index (χ4n) is 2.11. The molecule has 0 bridgehead atoms. The first-order valence-electron chi connectivity index (χ1n) is 6.60. The number of rotatable bonds is 3. The average molecular weight is 281 g/mol. The van der Waals surface area contributed by atoms with Gasteiger partial charge in [0.25, 0.3) is 0 Å². The number of fused-ring (bicyclic) bond motifs is 1. The zero-order chi connectivity index (χ0) is 14.8. The van der Waals surface area contributed by atoms with Crippen LogP contribution in [0.4, 0.5) is 11.4 Å². The van der Waals surface area contributed by atoms with Crippen molar-refractivity contribution in [1.82, 2.24) is 0 Å². The quantitative estimate of drug-likeness (QED) is 0.792. The average Bonchev–Trinajstić information content (AvgIpc) is 2.52. The minimum absolute atomic E-state index is 0.0977. The molecule has 1 aromatic heterocycles. The fourth-order valence-corrected chi connectivity index (χ4v) is 2.11. The molecule has 0 aliphatic rings. The Labute approximate surface area is 122 Å². The lowest BCUT2D eigenvalue weighted by Gasteiger charge is -2.07. The number of aryl methyl sites for hydroxylation is 1. The molecule has 3 aromatic rings. The van der Waals surface area contributed by atoms with E-state index in [1.54, 1.807) is 25.3 Å². The molecule has 0 spiro atoms. The summed E-state index contributed by atoms with van der Waals surface area (Å²) >= 11 is 0. The lowest BCUT2D eigenvalue weighted by Crippen LogP contribution is -2.08. The summed E-state index contributed by atoms with van der Waals surface area (Å²) in [5.74, 6) is 0.657. The summed E-state index contributed by atoms with van der Waals surface area (Å²) in [5.41, 5.74) is 2.84. The molecular weight excluding hydrogens is 266 g/mol. The molecule has 1 N–H and O–H groups in total. The molecule has 1 heterocycles. The number of anilines is 2. The van der Waals surface area contributed by atoms with Gasteiger partial charge in [-0.2, -0.15) is 0 Å². The van der Waals surface area contributed by atoms with Crippen LogP contribution in [0.15, 0.2) is 57.9 Å². The van der Waals surface area contributed by atoms with Gasteiger partial charge in [-0.3, -0.25) is 4.79 Å². The summed E-state index contributed by atoms with van der Waals surface area (Å²) in [6.07, 6.45) is 1.43. The Balaban J connectivity index is 2.02. The second-order valence-electron chi connectivity index (χ2n) is 4.83. The number of benzene rings is 2. The molecule has 0 atom stereocenters. The Hall–Kier alpha value is -2.75. The first-order valence-corrected chi connectivity index (χ1v) is 6.60. The monoisotopic (exact) mass is 281 g/mol. The van der Waals surface area contributed by atoms with Crippen molar-refractivity contribution in [3.8, 4) is 5.75 Å². The minimum Gasteiger partial charge on any atom is -0.497 e. The van der Waals surface area contributed by atoms with Gasteiger partial charge < -0.3 is 14.5 Å². The smallest absolute Gasteiger partial charge is 0.216 e. The molecule has 0 amide bonds. The molecule has 3 rings (SSSR count). The Kier molecular flexibility index (Phi) is 3.36. The third-order valence-corrected chi connectivity index (χ3v) is 3.31. The van der Waals surface area contributed by atoms with Crippen LogP contribution in [0.1, 0.15) is 5.56 Å². The molecule has 0 saturated heterocycles. The van der Waals surface area contributed by atoms with E-state index in [0.29, 0.717) is 22.4 Å². The lowest BCUT2D eigenvalue weighted by atomic mass is 10.2. The van der Waals surface area contributed by atoms with Gasteiger partial charge in [0.15, 0.2) is 0 Å². The van der Waals surface area contributed by atoms with Crippen molar-refractivity contribution in [1.29, 1.82) is 0 Å². The minimum atomic E-state index is -0.0977. The Morgan fingerprint density at radius 2 is 1.86 bits per heavy atom. The predicted molar refractivity (Wildman–Crippen MR) is 83.5 cm³/mol. The first kappa shape index (κ1) is 13.2. The number of methoxy groups -OCH3 is 1. The van der Waals surface area contributed by atoms with Crippen molar-refractivity contribution in [2.45, 2.75) is 6.92 Å². The predicted octanol–water partition coefficient (Wildman–Crippen LogP) is 3.85. The number of ether oxygens (including phenoxy) is 1. The molecule has 106 valence electrons. The van der Waals surface area contributed by atoms with E-state index in [4.69, 9.17) is 9.15 Å². The molecular formula is C17H15NO3. The highest BCUT2D eigenvalue weighted by atomic mass is 16.5. The SMILES string of the molecule is COc1ccc2c(=O)c(Nc3ccc(C)cc3)coc2c1. The van der Waals surface area contributed by atoms with E-state index in [9.17, 15) is 4.79 Å². The van der Waals surface area contributed by atoms with E-state index in [-0.39, 0.29) is 5.43 Å². The summed E-state index contributed by atoms with van der Waals surface area (Å²) in [7, 11) is 1.58. The summed E-state index contributed by atoms with van der Waals surface area (Å²) in [4.78, 5) is 12.4. The maximum absolute atomic E-state index is 12.4. The van der Waals surface area contributed by atoms with Crippen LogP contribution in [0, 0.1) is 6.92 Å². The van der Waals surface area contributed by atoms with E-state index < -0.39 is 0 Å². The fraction of sp³-hybridized carbons (Fsp3) is 0.118. The van der Waals surface area contributed by atoms with Crippen LogP contribution in [0.25, 0.3) is 11.0 Å². The molecule has 21 heavy (non-hydrogen) atoms. The summed E-state index contributed by atoms with van der Waals surface area (Å²) in [5, 5.41) is 3.60. The molecule has 0 aliphatic carbocycles. The van der Waals surface area contributed by atoms with Crippen molar-refractivity contribution in [3.63, 3.8) is 0 Å². The van der Waals surface area contributed by atoms with Gasteiger partial charge in [0.05, 0.1) is 12.5 Å². The summed E-state index contributed by atoms with van der Waals surface area (Å²) < 4.78 is 10.6. The van der Waals surface area contributed by atoms with Crippen molar-refractivity contribution in [2.24, 2.45) is 0 Å². The molecule has 2 aromatic carbocycles. The van der Waals surface area contributed by atoms with Crippen LogP contribution < -0.4 is 15.5 Å². The lowest BCUT2D eigenvalue weighted by molar-refractivity contribution is 0.414. The van der Waals surface area contributed by atoms with Gasteiger partial charge in [0, 0.05) is 11.8 Å². The van der Waals surface area contributed by atoms with E-state index in [1.807, 2.05) is 31.2 Å². The Morgan fingerprint density at radius 3 is 2.57 bits per heavy atom. The Morgan fingerprint density at radius 1 is 1.10 bits per heavy atom.